The summed E-state index contributed by atoms with van der Waals surface area (Å²) in [6, 6.07) is 8.50. The lowest BCUT2D eigenvalue weighted by molar-refractivity contribution is 0.469. The molecule has 1 heterocycles. The van der Waals surface area contributed by atoms with Gasteiger partial charge in [0, 0.05) is 10.9 Å². The SMILES string of the molecule is CCc1c(C(C)NC)oc2ccccc12. The fraction of sp³-hybridized carbons (Fsp3) is 0.385. The van der Waals surface area contributed by atoms with Crippen molar-refractivity contribution in [2.45, 2.75) is 26.3 Å². The lowest BCUT2D eigenvalue weighted by atomic mass is 10.1. The van der Waals surface area contributed by atoms with Crippen LogP contribution in [-0.4, -0.2) is 7.05 Å². The Labute approximate surface area is 90.3 Å². The Morgan fingerprint density at radius 1 is 1.33 bits per heavy atom. The number of benzene rings is 1. The van der Waals surface area contributed by atoms with Gasteiger partial charge >= 0.3 is 0 Å². The second-order valence-electron chi connectivity index (χ2n) is 3.80. The first-order chi connectivity index (χ1) is 7.27. The standard InChI is InChI=1S/C13H17NO/c1-4-10-11-7-5-6-8-12(11)15-13(10)9(2)14-3/h5-9,14H,4H2,1-3H3. The zero-order chi connectivity index (χ0) is 10.8. The highest BCUT2D eigenvalue weighted by Crippen LogP contribution is 2.29. The van der Waals surface area contributed by atoms with Crippen LogP contribution in [0.1, 0.15) is 31.2 Å². The Bertz CT molecular complexity index is 459. The van der Waals surface area contributed by atoms with E-state index in [1.165, 1.54) is 10.9 Å². The zero-order valence-electron chi connectivity index (χ0n) is 9.50. The molecule has 2 heteroatoms. The molecule has 1 aromatic carbocycles. The smallest absolute Gasteiger partial charge is 0.134 e. The second kappa shape index (κ2) is 4.07. The molecule has 0 aliphatic rings. The van der Waals surface area contributed by atoms with Crippen LogP contribution in [0.15, 0.2) is 28.7 Å². The first kappa shape index (κ1) is 10.2. The summed E-state index contributed by atoms with van der Waals surface area (Å²) in [5.41, 5.74) is 2.32. The summed E-state index contributed by atoms with van der Waals surface area (Å²) in [5.74, 6) is 1.07. The van der Waals surface area contributed by atoms with E-state index in [-0.39, 0.29) is 6.04 Å². The molecular weight excluding hydrogens is 186 g/mol. The predicted molar refractivity (Wildman–Crippen MR) is 63.1 cm³/mol. The summed E-state index contributed by atoms with van der Waals surface area (Å²) in [4.78, 5) is 0. The molecule has 15 heavy (non-hydrogen) atoms. The third kappa shape index (κ3) is 1.65. The Morgan fingerprint density at radius 3 is 2.73 bits per heavy atom. The molecule has 0 aliphatic heterocycles. The van der Waals surface area contributed by atoms with E-state index in [9.17, 15) is 0 Å². The van der Waals surface area contributed by atoms with E-state index in [1.54, 1.807) is 0 Å². The van der Waals surface area contributed by atoms with Crippen molar-refractivity contribution in [3.05, 3.63) is 35.6 Å². The van der Waals surface area contributed by atoms with Gasteiger partial charge < -0.3 is 9.73 Å². The van der Waals surface area contributed by atoms with E-state index in [0.29, 0.717) is 0 Å². The van der Waals surface area contributed by atoms with Crippen LogP contribution in [-0.2, 0) is 6.42 Å². The molecule has 2 aromatic rings. The molecule has 1 atom stereocenters. The van der Waals surface area contributed by atoms with Crippen LogP contribution in [0.2, 0.25) is 0 Å². The largest absolute Gasteiger partial charge is 0.459 e. The molecule has 1 aromatic heterocycles. The van der Waals surface area contributed by atoms with Gasteiger partial charge in [-0.15, -0.1) is 0 Å². The van der Waals surface area contributed by atoms with Gasteiger partial charge in [0.2, 0.25) is 0 Å². The van der Waals surface area contributed by atoms with Crippen molar-refractivity contribution in [2.24, 2.45) is 0 Å². The van der Waals surface area contributed by atoms with Gasteiger partial charge in [0.1, 0.15) is 11.3 Å². The summed E-state index contributed by atoms with van der Waals surface area (Å²) in [6.45, 7) is 4.29. The maximum absolute atomic E-state index is 5.88. The highest BCUT2D eigenvalue weighted by molar-refractivity contribution is 5.82. The van der Waals surface area contributed by atoms with Gasteiger partial charge in [0.25, 0.3) is 0 Å². The molecule has 0 saturated carbocycles. The Morgan fingerprint density at radius 2 is 2.07 bits per heavy atom. The first-order valence-electron chi connectivity index (χ1n) is 5.45. The van der Waals surface area contributed by atoms with Crippen LogP contribution in [0, 0.1) is 0 Å². The van der Waals surface area contributed by atoms with E-state index < -0.39 is 0 Å². The number of furan rings is 1. The van der Waals surface area contributed by atoms with Crippen LogP contribution in [0.3, 0.4) is 0 Å². The van der Waals surface area contributed by atoms with E-state index in [2.05, 4.69) is 31.3 Å². The Hall–Kier alpha value is -1.28. The molecule has 1 unspecified atom stereocenters. The molecule has 80 valence electrons. The summed E-state index contributed by atoms with van der Waals surface area (Å²) in [5, 5.41) is 4.47. The topological polar surface area (TPSA) is 25.2 Å². The second-order valence-corrected chi connectivity index (χ2v) is 3.80. The van der Waals surface area contributed by atoms with Crippen molar-refractivity contribution in [3.8, 4) is 0 Å². The number of hydrogen-bond donors (Lipinski definition) is 1. The van der Waals surface area contributed by atoms with Crippen molar-refractivity contribution in [1.29, 1.82) is 0 Å². The molecule has 0 spiro atoms. The Kier molecular flexibility index (Phi) is 2.78. The van der Waals surface area contributed by atoms with Crippen LogP contribution in [0.4, 0.5) is 0 Å². The van der Waals surface area contributed by atoms with Gasteiger partial charge in [-0.3, -0.25) is 0 Å². The number of para-hydroxylation sites is 1. The van der Waals surface area contributed by atoms with Crippen LogP contribution in [0.25, 0.3) is 11.0 Å². The summed E-state index contributed by atoms with van der Waals surface area (Å²) in [6.07, 6.45) is 1.01. The van der Waals surface area contributed by atoms with E-state index in [4.69, 9.17) is 4.42 Å². The van der Waals surface area contributed by atoms with Gasteiger partial charge in [0.05, 0.1) is 6.04 Å². The average molecular weight is 203 g/mol. The number of hydrogen-bond acceptors (Lipinski definition) is 2. The minimum atomic E-state index is 0.271. The molecule has 0 amide bonds. The number of fused-ring (bicyclic) bond motifs is 1. The Balaban J connectivity index is 2.63. The molecule has 2 rings (SSSR count). The molecule has 0 bridgehead atoms. The molecule has 0 radical (unpaired) electrons. The van der Waals surface area contributed by atoms with E-state index in [0.717, 1.165) is 17.8 Å². The maximum atomic E-state index is 5.88. The van der Waals surface area contributed by atoms with E-state index in [1.807, 2.05) is 19.2 Å². The van der Waals surface area contributed by atoms with Crippen LogP contribution < -0.4 is 5.32 Å². The first-order valence-corrected chi connectivity index (χ1v) is 5.45. The quantitative estimate of drug-likeness (QED) is 0.828. The van der Waals surface area contributed by atoms with E-state index >= 15 is 0 Å². The molecule has 0 saturated heterocycles. The average Bonchev–Trinajstić information content (AvgIpc) is 2.66. The fourth-order valence-electron chi connectivity index (χ4n) is 1.96. The van der Waals surface area contributed by atoms with Crippen molar-refractivity contribution in [1.82, 2.24) is 5.32 Å². The lowest BCUT2D eigenvalue weighted by Gasteiger charge is -2.08. The monoisotopic (exact) mass is 203 g/mol. The van der Waals surface area contributed by atoms with Gasteiger partial charge in [-0.1, -0.05) is 25.1 Å². The summed E-state index contributed by atoms with van der Waals surface area (Å²) < 4.78 is 5.88. The molecule has 0 aliphatic carbocycles. The highest BCUT2D eigenvalue weighted by atomic mass is 16.3. The van der Waals surface area contributed by atoms with Crippen LogP contribution >= 0.6 is 0 Å². The minimum Gasteiger partial charge on any atom is -0.459 e. The molecule has 2 nitrogen and oxygen atoms in total. The van der Waals surface area contributed by atoms with Crippen molar-refractivity contribution < 1.29 is 4.42 Å². The summed E-state index contributed by atoms with van der Waals surface area (Å²) >= 11 is 0. The third-order valence-electron chi connectivity index (χ3n) is 2.91. The van der Waals surface area contributed by atoms with Crippen LogP contribution in [0.5, 0.6) is 0 Å². The molecular formula is C13H17NO. The lowest BCUT2D eigenvalue weighted by Crippen LogP contribution is -2.12. The highest BCUT2D eigenvalue weighted by Gasteiger charge is 2.16. The number of nitrogens with one attached hydrogen (secondary N) is 1. The van der Waals surface area contributed by atoms with Gasteiger partial charge in [-0.05, 0) is 26.5 Å². The minimum absolute atomic E-state index is 0.271. The maximum Gasteiger partial charge on any atom is 0.134 e. The van der Waals surface area contributed by atoms with Crippen molar-refractivity contribution in [3.63, 3.8) is 0 Å². The molecule has 0 fully saturated rings. The third-order valence-corrected chi connectivity index (χ3v) is 2.91. The molecule has 1 N–H and O–H groups in total. The zero-order valence-corrected chi connectivity index (χ0v) is 9.50. The van der Waals surface area contributed by atoms with Gasteiger partial charge in [0.15, 0.2) is 0 Å². The summed E-state index contributed by atoms with van der Waals surface area (Å²) in [7, 11) is 1.96. The number of aryl methyl sites for hydroxylation is 1. The van der Waals surface area contributed by atoms with Gasteiger partial charge in [-0.25, -0.2) is 0 Å². The normalized spacial score (nSPS) is 13.3. The van der Waals surface area contributed by atoms with Crippen molar-refractivity contribution >= 4 is 11.0 Å². The van der Waals surface area contributed by atoms with Gasteiger partial charge in [-0.2, -0.15) is 0 Å². The van der Waals surface area contributed by atoms with Crippen molar-refractivity contribution in [2.75, 3.05) is 7.05 Å². The number of rotatable bonds is 3. The fourth-order valence-corrected chi connectivity index (χ4v) is 1.96. The predicted octanol–water partition coefficient (Wildman–Crippen LogP) is 3.28.